The number of hydrogen-bond donors (Lipinski definition) is 4. The Morgan fingerprint density at radius 2 is 1.70 bits per heavy atom. The number of carboxylic acid groups (broad SMARTS) is 1. The van der Waals surface area contributed by atoms with Crippen LogP contribution in [0.15, 0.2) is 67.0 Å². The van der Waals surface area contributed by atoms with Gasteiger partial charge < -0.3 is 15.4 Å². The van der Waals surface area contributed by atoms with Crippen molar-refractivity contribution in [1.29, 1.82) is 0 Å². The highest BCUT2D eigenvalue weighted by atomic mass is 19.4. The Labute approximate surface area is 262 Å². The van der Waals surface area contributed by atoms with Gasteiger partial charge in [-0.15, -0.1) is 0 Å². The number of carboxylic acids is 1. The number of H-pyrrole nitrogens is 2. The number of pyridine rings is 1. The number of aliphatic carboxylic acids is 1. The molecule has 3 aromatic heterocycles. The first-order valence-corrected chi connectivity index (χ1v) is 15.2. The number of amides is 1. The van der Waals surface area contributed by atoms with E-state index >= 15 is 0 Å². The number of alkyl halides is 3. The van der Waals surface area contributed by atoms with E-state index in [0.29, 0.717) is 11.4 Å². The molecule has 240 valence electrons. The van der Waals surface area contributed by atoms with E-state index in [4.69, 9.17) is 14.9 Å². The first-order chi connectivity index (χ1) is 22.2. The van der Waals surface area contributed by atoms with E-state index in [0.717, 1.165) is 77.4 Å². The molecule has 0 radical (unpaired) electrons. The van der Waals surface area contributed by atoms with Crippen LogP contribution in [0, 0.1) is 0 Å². The van der Waals surface area contributed by atoms with Crippen LogP contribution in [0.3, 0.4) is 0 Å². The maximum absolute atomic E-state index is 13.4. The van der Waals surface area contributed by atoms with E-state index in [2.05, 4.69) is 54.6 Å². The lowest BCUT2D eigenvalue weighted by Gasteiger charge is -2.37. The molecule has 2 fully saturated rings. The van der Waals surface area contributed by atoms with Crippen molar-refractivity contribution >= 4 is 39.4 Å². The van der Waals surface area contributed by atoms with Crippen LogP contribution < -0.4 is 5.32 Å². The highest BCUT2D eigenvalue weighted by molar-refractivity contribution is 6.09. The Hall–Kier alpha value is -4.75. The number of rotatable bonds is 6. The maximum Gasteiger partial charge on any atom is 0.490 e. The Morgan fingerprint density at radius 1 is 0.957 bits per heavy atom. The molecular weight excluding hydrogens is 599 g/mol. The summed E-state index contributed by atoms with van der Waals surface area (Å²) in [7, 11) is 0. The van der Waals surface area contributed by atoms with E-state index in [-0.39, 0.29) is 5.91 Å². The first-order valence-electron chi connectivity index (χ1n) is 15.2. The summed E-state index contributed by atoms with van der Waals surface area (Å²) in [6.07, 6.45) is 4.08. The van der Waals surface area contributed by atoms with Gasteiger partial charge in [0, 0.05) is 61.3 Å². The largest absolute Gasteiger partial charge is 0.490 e. The number of fused-ring (bicyclic) bond motifs is 2. The van der Waals surface area contributed by atoms with Gasteiger partial charge in [-0.2, -0.15) is 18.3 Å². The fraction of sp³-hybridized carbons (Fsp3) is 0.333. The highest BCUT2D eigenvalue weighted by Gasteiger charge is 2.38. The first kappa shape index (κ1) is 31.2. The summed E-state index contributed by atoms with van der Waals surface area (Å²) in [5, 5.41) is 19.5. The van der Waals surface area contributed by atoms with Crippen molar-refractivity contribution in [2.75, 3.05) is 31.5 Å². The number of anilines is 1. The van der Waals surface area contributed by atoms with Gasteiger partial charge in [-0.3, -0.25) is 19.7 Å². The number of hydrogen-bond acceptors (Lipinski definition) is 6. The van der Waals surface area contributed by atoms with Crippen molar-refractivity contribution in [3.05, 3.63) is 78.4 Å². The molecule has 5 aromatic rings. The molecule has 0 unspecified atom stereocenters. The Bertz CT molecular complexity index is 1840. The molecule has 10 nitrogen and oxygen atoms in total. The van der Waals surface area contributed by atoms with Gasteiger partial charge in [-0.25, -0.2) is 9.78 Å². The average molecular weight is 634 g/mol. The molecule has 4 N–H and O–H groups in total. The lowest BCUT2D eigenvalue weighted by molar-refractivity contribution is -0.192. The molecule has 7 rings (SSSR count). The number of nitrogens with one attached hydrogen (secondary N) is 3. The van der Waals surface area contributed by atoms with Crippen LogP contribution in [0.25, 0.3) is 32.9 Å². The summed E-state index contributed by atoms with van der Waals surface area (Å²) in [6, 6.07) is 18.9. The topological polar surface area (TPSA) is 130 Å². The van der Waals surface area contributed by atoms with E-state index < -0.39 is 12.1 Å². The van der Waals surface area contributed by atoms with Crippen LogP contribution in [0.5, 0.6) is 0 Å². The maximum atomic E-state index is 13.4. The normalized spacial score (nSPS) is 16.4. The van der Waals surface area contributed by atoms with Crippen molar-refractivity contribution < 1.29 is 27.9 Å². The summed E-state index contributed by atoms with van der Waals surface area (Å²) < 4.78 is 31.7. The molecule has 1 saturated heterocycles. The second-order valence-electron chi connectivity index (χ2n) is 11.6. The zero-order valence-corrected chi connectivity index (χ0v) is 25.0. The summed E-state index contributed by atoms with van der Waals surface area (Å²) in [4.78, 5) is 35.4. The zero-order chi connectivity index (χ0) is 32.3. The fourth-order valence-electron chi connectivity index (χ4n) is 6.31. The molecule has 46 heavy (non-hydrogen) atoms. The minimum Gasteiger partial charge on any atom is -0.475 e. The van der Waals surface area contributed by atoms with Gasteiger partial charge in [-0.1, -0.05) is 31.0 Å². The van der Waals surface area contributed by atoms with Crippen molar-refractivity contribution in [1.82, 2.24) is 30.0 Å². The number of halogens is 3. The van der Waals surface area contributed by atoms with Gasteiger partial charge >= 0.3 is 12.1 Å². The van der Waals surface area contributed by atoms with Crippen LogP contribution in [-0.4, -0.2) is 85.3 Å². The predicted octanol–water partition coefficient (Wildman–Crippen LogP) is 6.05. The van der Waals surface area contributed by atoms with Gasteiger partial charge in [0.15, 0.2) is 0 Å². The van der Waals surface area contributed by atoms with Gasteiger partial charge in [0.1, 0.15) is 5.69 Å². The Balaban J connectivity index is 0.000000480. The number of aromatic amines is 2. The van der Waals surface area contributed by atoms with Crippen LogP contribution in [0.4, 0.5) is 18.9 Å². The lowest BCUT2D eigenvalue weighted by Crippen LogP contribution is -2.49. The summed E-state index contributed by atoms with van der Waals surface area (Å²) in [5.74, 6) is -2.98. The molecule has 1 aliphatic carbocycles. The zero-order valence-electron chi connectivity index (χ0n) is 25.0. The summed E-state index contributed by atoms with van der Waals surface area (Å²) in [6.45, 7) is 5.11. The number of carbonyl (C=O) groups excluding carboxylic acids is 1. The number of benzene rings is 2. The third-order valence-corrected chi connectivity index (χ3v) is 8.63. The molecule has 0 spiro atoms. The molecule has 4 heterocycles. The quantitative estimate of drug-likeness (QED) is 0.179. The monoisotopic (exact) mass is 633 g/mol. The van der Waals surface area contributed by atoms with Crippen molar-refractivity contribution in [3.63, 3.8) is 0 Å². The van der Waals surface area contributed by atoms with E-state index in [1.807, 2.05) is 30.5 Å². The van der Waals surface area contributed by atoms with Crippen molar-refractivity contribution in [3.8, 4) is 11.1 Å². The number of piperazine rings is 1. The van der Waals surface area contributed by atoms with Gasteiger partial charge in [-0.05, 0) is 60.4 Å². The SMILES string of the molecule is O=C(Nc1cc(-c2cccc3[nH]ccc23)cc2[nH]ncc12)c1cccc(CN2CCN(C3CCCC3)CC2)n1.O=C(O)C(F)(F)F. The minimum absolute atomic E-state index is 0.220. The molecule has 1 aliphatic heterocycles. The smallest absolute Gasteiger partial charge is 0.475 e. The Kier molecular flexibility index (Phi) is 9.04. The van der Waals surface area contributed by atoms with E-state index in [9.17, 15) is 18.0 Å². The molecule has 1 amide bonds. The minimum atomic E-state index is -5.08. The Morgan fingerprint density at radius 3 is 2.43 bits per heavy atom. The molecule has 2 aliphatic rings. The summed E-state index contributed by atoms with van der Waals surface area (Å²) in [5.41, 5.74) is 6.10. The fourth-order valence-corrected chi connectivity index (χ4v) is 6.31. The molecule has 2 aromatic carbocycles. The standard InChI is InChI=1S/C31H33N7O.C2HF3O2/c39-31(28-10-3-5-22(34-28)20-37-13-15-38(16-14-37)23-6-1-2-7-23)35-29-17-21(18-30-26(29)19-33-36-30)24-8-4-9-27-25(24)11-12-32-27;3-2(4,5)1(6)7/h3-5,8-12,17-19,23,32H,1-2,6-7,13-16,20H2,(H,33,36)(H,35,39);(H,6,7). The number of nitrogens with zero attached hydrogens (tertiary/aromatic N) is 4. The molecule has 0 atom stereocenters. The molecule has 1 saturated carbocycles. The van der Waals surface area contributed by atoms with Crippen LogP contribution in [0.2, 0.25) is 0 Å². The van der Waals surface area contributed by atoms with Gasteiger partial charge in [0.05, 0.1) is 23.1 Å². The van der Waals surface area contributed by atoms with Gasteiger partial charge in [0.25, 0.3) is 5.91 Å². The summed E-state index contributed by atoms with van der Waals surface area (Å²) >= 11 is 0. The number of carbonyl (C=O) groups is 2. The molecular formula is C33H34F3N7O3. The third kappa shape index (κ3) is 7.05. The van der Waals surface area contributed by atoms with Crippen LogP contribution in [-0.2, 0) is 11.3 Å². The van der Waals surface area contributed by atoms with Gasteiger partial charge in [0.2, 0.25) is 0 Å². The van der Waals surface area contributed by atoms with Crippen molar-refractivity contribution in [2.45, 2.75) is 44.4 Å². The van der Waals surface area contributed by atoms with E-state index in [1.165, 1.54) is 25.7 Å². The predicted molar refractivity (Wildman–Crippen MR) is 168 cm³/mol. The third-order valence-electron chi connectivity index (χ3n) is 8.63. The van der Waals surface area contributed by atoms with Crippen molar-refractivity contribution in [2.24, 2.45) is 0 Å². The second-order valence-corrected chi connectivity index (χ2v) is 11.6. The second kappa shape index (κ2) is 13.3. The molecule has 0 bridgehead atoms. The van der Waals surface area contributed by atoms with E-state index in [1.54, 1.807) is 12.3 Å². The average Bonchev–Trinajstić information content (AvgIpc) is 3.84. The van der Waals surface area contributed by atoms with Crippen LogP contribution in [0.1, 0.15) is 41.9 Å². The number of aromatic nitrogens is 4. The molecule has 13 heteroatoms. The van der Waals surface area contributed by atoms with Crippen LogP contribution >= 0.6 is 0 Å². The lowest BCUT2D eigenvalue weighted by atomic mass is 9.99. The highest BCUT2D eigenvalue weighted by Crippen LogP contribution is 2.34.